The van der Waals surface area contributed by atoms with Gasteiger partial charge >= 0.3 is 6.09 Å². The van der Waals surface area contributed by atoms with Crippen molar-refractivity contribution >= 4 is 12.0 Å². The van der Waals surface area contributed by atoms with Gasteiger partial charge in [0.25, 0.3) is 0 Å². The minimum absolute atomic E-state index is 0.0767. The zero-order valence-corrected chi connectivity index (χ0v) is 34.7. The first kappa shape index (κ1) is 36.8. The molecule has 304 valence electrons. The Bertz CT molecular complexity index is 2440. The lowest BCUT2D eigenvalue weighted by atomic mass is 9.81. The molecule has 2 amide bonds. The molecule has 5 fully saturated rings. The second-order valence-electron chi connectivity index (χ2n) is 19.4. The normalized spacial score (nSPS) is 24.9. The number of alkyl carbamates (subject to hydrolysis) is 1. The van der Waals surface area contributed by atoms with Crippen LogP contribution in [-0.4, -0.2) is 75.0 Å². The molecule has 11 rings (SSSR count). The van der Waals surface area contributed by atoms with Gasteiger partial charge in [0.15, 0.2) is 0 Å². The van der Waals surface area contributed by atoms with Gasteiger partial charge in [-0.2, -0.15) is 0 Å². The van der Waals surface area contributed by atoms with Crippen LogP contribution in [0.15, 0.2) is 73.1 Å². The van der Waals surface area contributed by atoms with Crippen molar-refractivity contribution in [2.45, 2.75) is 102 Å². The highest BCUT2D eigenvalue weighted by Gasteiger charge is 2.55. The zero-order chi connectivity index (χ0) is 40.2. The molecule has 2 aliphatic heterocycles. The van der Waals surface area contributed by atoms with Crippen molar-refractivity contribution in [3.63, 3.8) is 0 Å². The van der Waals surface area contributed by atoms with Crippen molar-refractivity contribution in [3.05, 3.63) is 95.8 Å². The summed E-state index contributed by atoms with van der Waals surface area (Å²) >= 11 is 0. The Morgan fingerprint density at radius 3 is 1.71 bits per heavy atom. The topological polar surface area (TPSA) is 119 Å². The van der Waals surface area contributed by atoms with Crippen LogP contribution < -0.4 is 5.32 Å². The number of amides is 2. The SMILES string of the molecule is COC(=O)NC(C(=O)N1CC2(CC2)CC1c1ncc(-c2ccc(-c3ccc(-c4ccc(-c5cnc(C6CC7(CC7)CN6C)[nH]5)cc4)c4c3C3CCC4C3)cc2)[nH]1)C(C)C. The van der Waals surface area contributed by atoms with Crippen LogP contribution in [0, 0.1) is 16.7 Å². The van der Waals surface area contributed by atoms with E-state index in [1.807, 2.05) is 31.1 Å². The summed E-state index contributed by atoms with van der Waals surface area (Å²) in [4.78, 5) is 47.5. The van der Waals surface area contributed by atoms with Gasteiger partial charge in [-0.1, -0.05) is 74.5 Å². The lowest BCUT2D eigenvalue weighted by molar-refractivity contribution is -0.135. The predicted octanol–water partition coefficient (Wildman–Crippen LogP) is 9.76. The van der Waals surface area contributed by atoms with Crippen LogP contribution in [0.1, 0.15) is 118 Å². The first-order valence-electron chi connectivity index (χ1n) is 21.9. The minimum Gasteiger partial charge on any atom is -0.453 e. The number of carbonyl (C=O) groups excluding carboxylic acids is 2. The molecule has 10 heteroatoms. The zero-order valence-electron chi connectivity index (χ0n) is 34.7. The van der Waals surface area contributed by atoms with E-state index in [0.717, 1.165) is 47.9 Å². The molecule has 3 N–H and O–H groups in total. The third kappa shape index (κ3) is 6.32. The average molecular weight is 790 g/mol. The molecule has 2 saturated heterocycles. The van der Waals surface area contributed by atoms with E-state index in [1.54, 1.807) is 11.1 Å². The molecule has 3 aromatic carbocycles. The van der Waals surface area contributed by atoms with Gasteiger partial charge in [0.1, 0.15) is 17.7 Å². The maximum absolute atomic E-state index is 14.0. The molecule has 10 nitrogen and oxygen atoms in total. The summed E-state index contributed by atoms with van der Waals surface area (Å²) in [6.45, 7) is 5.78. The van der Waals surface area contributed by atoms with Crippen molar-refractivity contribution in [2.75, 3.05) is 27.2 Å². The van der Waals surface area contributed by atoms with Crippen LogP contribution in [0.4, 0.5) is 4.79 Å². The highest BCUT2D eigenvalue weighted by atomic mass is 16.5. The summed E-state index contributed by atoms with van der Waals surface area (Å²) in [5, 5.41) is 2.78. The molecule has 3 saturated carbocycles. The first-order valence-corrected chi connectivity index (χ1v) is 21.9. The highest BCUT2D eigenvalue weighted by molar-refractivity contribution is 5.87. The maximum Gasteiger partial charge on any atom is 0.407 e. The van der Waals surface area contributed by atoms with E-state index < -0.39 is 12.1 Å². The van der Waals surface area contributed by atoms with Crippen LogP contribution >= 0.6 is 0 Å². The Kier molecular flexibility index (Phi) is 8.53. The Hall–Kier alpha value is -5.22. The van der Waals surface area contributed by atoms with Gasteiger partial charge in [0.2, 0.25) is 5.91 Å². The third-order valence-electron chi connectivity index (χ3n) is 15.2. The Morgan fingerprint density at radius 1 is 0.729 bits per heavy atom. The highest BCUT2D eigenvalue weighted by Crippen LogP contribution is 2.60. The number of hydrogen-bond acceptors (Lipinski definition) is 6. The summed E-state index contributed by atoms with van der Waals surface area (Å²) < 4.78 is 4.85. The number of nitrogens with zero attached hydrogens (tertiary/aromatic N) is 4. The quantitative estimate of drug-likeness (QED) is 0.137. The van der Waals surface area contributed by atoms with E-state index in [-0.39, 0.29) is 23.3 Å². The summed E-state index contributed by atoms with van der Waals surface area (Å²) in [5.41, 5.74) is 13.4. The fourth-order valence-corrected chi connectivity index (χ4v) is 11.6. The number of likely N-dealkylation sites (tertiary alicyclic amines) is 2. The number of H-pyrrole nitrogens is 2. The van der Waals surface area contributed by atoms with Gasteiger partial charge in [-0.15, -0.1) is 0 Å². The van der Waals surface area contributed by atoms with Crippen molar-refractivity contribution < 1.29 is 14.3 Å². The van der Waals surface area contributed by atoms with Crippen LogP contribution in [0.25, 0.3) is 44.8 Å². The van der Waals surface area contributed by atoms with Crippen LogP contribution in [0.3, 0.4) is 0 Å². The summed E-state index contributed by atoms with van der Waals surface area (Å²) in [6, 6.07) is 22.3. The van der Waals surface area contributed by atoms with Gasteiger partial charge in [0.05, 0.1) is 43.0 Å². The molecule has 0 radical (unpaired) electrons. The number of methoxy groups -OCH3 is 1. The second kappa shape index (κ2) is 13.7. The first-order chi connectivity index (χ1) is 28.6. The molecule has 4 aliphatic carbocycles. The van der Waals surface area contributed by atoms with Gasteiger partial charge in [-0.3, -0.25) is 9.69 Å². The lowest BCUT2D eigenvalue weighted by Crippen LogP contribution is -2.51. The number of ether oxygens (including phenoxy) is 1. The van der Waals surface area contributed by atoms with Crippen molar-refractivity contribution in [3.8, 4) is 44.8 Å². The molecule has 5 aromatic rings. The Labute approximate surface area is 346 Å². The second-order valence-corrected chi connectivity index (χ2v) is 19.4. The third-order valence-corrected chi connectivity index (χ3v) is 15.2. The number of nitrogens with one attached hydrogen (secondary N) is 3. The number of carbonyl (C=O) groups is 2. The molecule has 5 atom stereocenters. The van der Waals surface area contributed by atoms with E-state index in [9.17, 15) is 9.59 Å². The van der Waals surface area contributed by atoms with E-state index in [4.69, 9.17) is 14.7 Å². The van der Waals surface area contributed by atoms with E-state index in [2.05, 4.69) is 87.9 Å². The molecule has 4 heterocycles. The van der Waals surface area contributed by atoms with E-state index in [1.165, 1.54) is 80.0 Å². The number of fused-ring (bicyclic) bond motifs is 5. The smallest absolute Gasteiger partial charge is 0.407 e. The van der Waals surface area contributed by atoms with E-state index >= 15 is 0 Å². The monoisotopic (exact) mass is 789 g/mol. The number of benzene rings is 3. The van der Waals surface area contributed by atoms with Crippen LogP contribution in [0.5, 0.6) is 0 Å². The maximum atomic E-state index is 14.0. The van der Waals surface area contributed by atoms with Gasteiger partial charge in [0, 0.05) is 13.1 Å². The predicted molar refractivity (Wildman–Crippen MR) is 228 cm³/mol. The number of aromatic nitrogens is 4. The fourth-order valence-electron chi connectivity index (χ4n) is 11.6. The van der Waals surface area contributed by atoms with Crippen molar-refractivity contribution in [1.29, 1.82) is 0 Å². The summed E-state index contributed by atoms with van der Waals surface area (Å²) in [5.74, 6) is 2.97. The standard InChI is InChI=1S/C49H55N7O3/c1-28(2)43(54-47(58)59-4)46(57)56-27-49(19-20-49)23-40(56)45-51-25-38(53-45)32-11-7-30(8-12-32)36-16-15-35(41-33-13-14-34(21-33)42(36)41)29-5-9-31(10-6-29)37-24-50-44(52-37)39-22-48(17-18-48)26-55(39)3/h5-12,15-16,24-25,28,33-34,39-40,43H,13-14,17-23,26-27H2,1-4H3,(H,50,52)(H,51,53)(H,54,58). The summed E-state index contributed by atoms with van der Waals surface area (Å²) in [6.07, 6.45) is 14.2. The molecule has 5 unspecified atom stereocenters. The van der Waals surface area contributed by atoms with Crippen LogP contribution in [0.2, 0.25) is 0 Å². The van der Waals surface area contributed by atoms with Gasteiger partial charge < -0.3 is 24.9 Å². The van der Waals surface area contributed by atoms with Crippen molar-refractivity contribution in [2.24, 2.45) is 16.7 Å². The molecule has 2 aromatic heterocycles. The van der Waals surface area contributed by atoms with E-state index in [0.29, 0.717) is 29.8 Å². The largest absolute Gasteiger partial charge is 0.453 e. The molecule has 2 spiro atoms. The number of aromatic amines is 2. The average Bonchev–Trinajstić information content (AvgIpc) is 3.70. The summed E-state index contributed by atoms with van der Waals surface area (Å²) in [7, 11) is 3.57. The number of imidazole rings is 2. The van der Waals surface area contributed by atoms with Crippen LogP contribution in [-0.2, 0) is 9.53 Å². The minimum atomic E-state index is -0.660. The Morgan fingerprint density at radius 2 is 1.22 bits per heavy atom. The molecule has 6 aliphatic rings. The molecule has 2 bridgehead atoms. The number of rotatable bonds is 9. The van der Waals surface area contributed by atoms with Gasteiger partial charge in [-0.05, 0) is 138 Å². The van der Waals surface area contributed by atoms with Crippen molar-refractivity contribution in [1.82, 2.24) is 35.1 Å². The number of hydrogen-bond donors (Lipinski definition) is 3. The van der Waals surface area contributed by atoms with Gasteiger partial charge in [-0.25, -0.2) is 14.8 Å². The lowest BCUT2D eigenvalue weighted by Gasteiger charge is -2.30. The molecular weight excluding hydrogens is 735 g/mol. The fraction of sp³-hybridized carbons (Fsp3) is 0.469. The Balaban J connectivity index is 0.829. The molecular formula is C49H55N7O3. The molecule has 59 heavy (non-hydrogen) atoms.